The fourth-order valence-electron chi connectivity index (χ4n) is 4.81. The van der Waals surface area contributed by atoms with Gasteiger partial charge >= 0.3 is 0 Å². The topological polar surface area (TPSA) is 67.6 Å². The van der Waals surface area contributed by atoms with E-state index in [0.29, 0.717) is 19.5 Å². The van der Waals surface area contributed by atoms with Crippen molar-refractivity contribution in [3.05, 3.63) is 89.7 Å². The molecule has 6 heteroatoms. The number of ether oxygens (including phenoxy) is 1. The first-order chi connectivity index (χ1) is 17.0. The first-order valence-electron chi connectivity index (χ1n) is 12.2. The summed E-state index contributed by atoms with van der Waals surface area (Å²) in [6.07, 6.45) is 0.645. The molecule has 0 saturated carbocycles. The minimum absolute atomic E-state index is 0.0507. The predicted molar refractivity (Wildman–Crippen MR) is 138 cm³/mol. The van der Waals surface area contributed by atoms with E-state index in [1.165, 1.54) is 5.56 Å². The monoisotopic (exact) mass is 469 g/mol. The molecular weight excluding hydrogens is 438 g/mol. The lowest BCUT2D eigenvalue weighted by Crippen LogP contribution is -2.26. The van der Waals surface area contributed by atoms with Crippen LogP contribution in [0.3, 0.4) is 0 Å². The number of carbonyl (C=O) groups excluding carboxylic acids is 1. The summed E-state index contributed by atoms with van der Waals surface area (Å²) in [6.45, 7) is 5.20. The lowest BCUT2D eigenvalue weighted by molar-refractivity contribution is -0.117. The number of rotatable bonds is 8. The van der Waals surface area contributed by atoms with Crippen LogP contribution < -0.4 is 9.64 Å². The third kappa shape index (κ3) is 4.80. The summed E-state index contributed by atoms with van der Waals surface area (Å²) in [5, 5.41) is 10.9. The molecule has 180 valence electrons. The standard InChI is InChI=1S/C29H31N3O3/c1-3-21-12-14-23(15-13-21)31-17-22(16-28(31)34)29-30-25-9-5-6-10-26(25)32(29)18-24(33)19-35-27-11-7-4-8-20(27)2/h4-15,22,24,33H,3,16-19H2,1-2H3/t22-,24+/m0/s1. The number of nitrogens with zero attached hydrogens (tertiary/aromatic N) is 3. The highest BCUT2D eigenvalue weighted by Crippen LogP contribution is 2.33. The number of aliphatic hydroxyl groups is 1. The van der Waals surface area contributed by atoms with Crippen LogP contribution in [0.5, 0.6) is 5.75 Å². The van der Waals surface area contributed by atoms with Gasteiger partial charge in [-0.15, -0.1) is 0 Å². The van der Waals surface area contributed by atoms with E-state index in [-0.39, 0.29) is 18.4 Å². The van der Waals surface area contributed by atoms with Crippen molar-refractivity contribution in [2.75, 3.05) is 18.1 Å². The lowest BCUT2D eigenvalue weighted by atomic mass is 10.1. The molecule has 4 aromatic rings. The van der Waals surface area contributed by atoms with Gasteiger partial charge in [-0.25, -0.2) is 4.98 Å². The smallest absolute Gasteiger partial charge is 0.227 e. The van der Waals surface area contributed by atoms with Gasteiger partial charge in [-0.2, -0.15) is 0 Å². The summed E-state index contributed by atoms with van der Waals surface area (Å²) in [7, 11) is 0. The molecule has 5 rings (SSSR count). The summed E-state index contributed by atoms with van der Waals surface area (Å²) in [5.74, 6) is 1.65. The number of carbonyl (C=O) groups is 1. The van der Waals surface area contributed by atoms with Gasteiger partial charge in [0.2, 0.25) is 5.91 Å². The average molecular weight is 470 g/mol. The predicted octanol–water partition coefficient (Wildman–Crippen LogP) is 4.87. The molecule has 1 aromatic heterocycles. The average Bonchev–Trinajstić information content (AvgIpc) is 3.44. The Hall–Kier alpha value is -3.64. The largest absolute Gasteiger partial charge is 0.491 e. The van der Waals surface area contributed by atoms with Crippen molar-refractivity contribution in [2.45, 2.75) is 45.3 Å². The zero-order valence-corrected chi connectivity index (χ0v) is 20.2. The molecule has 0 radical (unpaired) electrons. The van der Waals surface area contributed by atoms with Crippen LogP contribution in [0.2, 0.25) is 0 Å². The number of amides is 1. The number of anilines is 1. The quantitative estimate of drug-likeness (QED) is 0.400. The Bertz CT molecular complexity index is 1330. The minimum Gasteiger partial charge on any atom is -0.491 e. The first-order valence-corrected chi connectivity index (χ1v) is 12.2. The van der Waals surface area contributed by atoms with Crippen molar-refractivity contribution in [3.8, 4) is 5.75 Å². The van der Waals surface area contributed by atoms with Crippen LogP contribution in [0.15, 0.2) is 72.8 Å². The molecular formula is C29H31N3O3. The van der Waals surface area contributed by atoms with E-state index < -0.39 is 6.10 Å². The Kier molecular flexibility index (Phi) is 6.55. The van der Waals surface area contributed by atoms with Gasteiger partial charge in [0.15, 0.2) is 0 Å². The highest BCUT2D eigenvalue weighted by Gasteiger charge is 2.35. The summed E-state index contributed by atoms with van der Waals surface area (Å²) >= 11 is 0. The number of fused-ring (bicyclic) bond motifs is 1. The van der Waals surface area contributed by atoms with E-state index in [2.05, 4.69) is 23.6 Å². The maximum atomic E-state index is 13.0. The molecule has 2 atom stereocenters. The zero-order chi connectivity index (χ0) is 24.4. The fourth-order valence-corrected chi connectivity index (χ4v) is 4.81. The summed E-state index contributed by atoms with van der Waals surface area (Å²) in [4.78, 5) is 19.7. The maximum absolute atomic E-state index is 13.0. The van der Waals surface area contributed by atoms with Crippen molar-refractivity contribution in [1.29, 1.82) is 0 Å². The van der Waals surface area contributed by atoms with Gasteiger partial charge in [-0.3, -0.25) is 4.79 Å². The molecule has 1 aliphatic heterocycles. The molecule has 6 nitrogen and oxygen atoms in total. The van der Waals surface area contributed by atoms with E-state index in [1.807, 2.05) is 72.5 Å². The van der Waals surface area contributed by atoms with Gasteiger partial charge in [-0.05, 0) is 54.8 Å². The molecule has 0 bridgehead atoms. The molecule has 35 heavy (non-hydrogen) atoms. The number of hydrogen-bond donors (Lipinski definition) is 1. The third-order valence-electron chi connectivity index (χ3n) is 6.75. The number of aromatic nitrogens is 2. The van der Waals surface area contributed by atoms with Crippen molar-refractivity contribution >= 4 is 22.6 Å². The molecule has 1 N–H and O–H groups in total. The summed E-state index contributed by atoms with van der Waals surface area (Å²) in [5.41, 5.74) is 5.03. The van der Waals surface area contributed by atoms with Crippen LogP contribution in [-0.4, -0.2) is 39.8 Å². The Morgan fingerprint density at radius 1 is 1.06 bits per heavy atom. The number of imidazole rings is 1. The second kappa shape index (κ2) is 9.92. The van der Waals surface area contributed by atoms with Crippen molar-refractivity contribution in [2.24, 2.45) is 0 Å². The molecule has 2 heterocycles. The van der Waals surface area contributed by atoms with E-state index in [9.17, 15) is 9.90 Å². The van der Waals surface area contributed by atoms with Crippen LogP contribution >= 0.6 is 0 Å². The van der Waals surface area contributed by atoms with E-state index in [4.69, 9.17) is 9.72 Å². The van der Waals surface area contributed by atoms with Gasteiger partial charge in [0.05, 0.1) is 17.6 Å². The number of aryl methyl sites for hydroxylation is 2. The van der Waals surface area contributed by atoms with E-state index >= 15 is 0 Å². The molecule has 1 fully saturated rings. The van der Waals surface area contributed by atoms with Gasteiger partial charge in [0.25, 0.3) is 0 Å². The molecule has 1 saturated heterocycles. The number of benzene rings is 3. The normalized spacial score (nSPS) is 16.7. The van der Waals surface area contributed by atoms with Crippen LogP contribution in [0.4, 0.5) is 5.69 Å². The summed E-state index contributed by atoms with van der Waals surface area (Å²) < 4.78 is 7.95. The molecule has 1 aliphatic rings. The molecule has 0 spiro atoms. The fraction of sp³-hybridized carbons (Fsp3) is 0.310. The number of para-hydroxylation sites is 3. The van der Waals surface area contributed by atoms with Crippen LogP contribution in [-0.2, 0) is 17.8 Å². The third-order valence-corrected chi connectivity index (χ3v) is 6.75. The second-order valence-corrected chi connectivity index (χ2v) is 9.23. The molecule has 0 aliphatic carbocycles. The molecule has 1 amide bonds. The second-order valence-electron chi connectivity index (χ2n) is 9.23. The first kappa shape index (κ1) is 23.1. The molecule has 3 aromatic carbocycles. The SMILES string of the molecule is CCc1ccc(N2C[C@@H](c3nc4ccccc4n3C[C@@H](O)COc3ccccc3C)CC2=O)cc1. The van der Waals surface area contributed by atoms with Crippen molar-refractivity contribution in [3.63, 3.8) is 0 Å². The zero-order valence-electron chi connectivity index (χ0n) is 20.2. The van der Waals surface area contributed by atoms with Crippen LogP contribution in [0, 0.1) is 6.92 Å². The van der Waals surface area contributed by atoms with Crippen LogP contribution in [0.1, 0.15) is 36.2 Å². The van der Waals surface area contributed by atoms with Gasteiger partial charge < -0.3 is 19.3 Å². The van der Waals surface area contributed by atoms with E-state index in [1.54, 1.807) is 0 Å². The molecule has 0 unspecified atom stereocenters. The number of hydrogen-bond acceptors (Lipinski definition) is 4. The Morgan fingerprint density at radius 2 is 1.80 bits per heavy atom. The van der Waals surface area contributed by atoms with Crippen molar-refractivity contribution < 1.29 is 14.6 Å². The highest BCUT2D eigenvalue weighted by molar-refractivity contribution is 5.96. The maximum Gasteiger partial charge on any atom is 0.227 e. The highest BCUT2D eigenvalue weighted by atomic mass is 16.5. The lowest BCUT2D eigenvalue weighted by Gasteiger charge is -2.19. The van der Waals surface area contributed by atoms with Gasteiger partial charge in [0.1, 0.15) is 24.3 Å². The Balaban J connectivity index is 1.37. The Morgan fingerprint density at radius 3 is 2.57 bits per heavy atom. The van der Waals surface area contributed by atoms with Gasteiger partial charge in [0, 0.05) is 24.6 Å². The number of aliphatic hydroxyl groups excluding tert-OH is 1. The Labute approximate surface area is 205 Å². The van der Waals surface area contributed by atoms with E-state index in [0.717, 1.165) is 40.3 Å². The summed E-state index contributed by atoms with van der Waals surface area (Å²) in [6, 6.07) is 23.9. The van der Waals surface area contributed by atoms with Gasteiger partial charge in [-0.1, -0.05) is 49.4 Å². The van der Waals surface area contributed by atoms with Crippen LogP contribution in [0.25, 0.3) is 11.0 Å². The van der Waals surface area contributed by atoms with Crippen molar-refractivity contribution in [1.82, 2.24) is 9.55 Å². The minimum atomic E-state index is -0.722.